The summed E-state index contributed by atoms with van der Waals surface area (Å²) in [7, 11) is 0. The van der Waals surface area contributed by atoms with Crippen LogP contribution in [0, 0.1) is 6.92 Å². The van der Waals surface area contributed by atoms with Crippen molar-refractivity contribution in [3.8, 4) is 0 Å². The van der Waals surface area contributed by atoms with Crippen molar-refractivity contribution in [3.63, 3.8) is 0 Å². The first-order chi connectivity index (χ1) is 17.2. The lowest BCUT2D eigenvalue weighted by molar-refractivity contribution is -0.689. The van der Waals surface area contributed by atoms with Gasteiger partial charge in [-0.15, -0.1) is 0 Å². The van der Waals surface area contributed by atoms with Gasteiger partial charge in [0.25, 0.3) is 11.7 Å². The predicted octanol–water partition coefficient (Wildman–Crippen LogP) is 0.996. The van der Waals surface area contributed by atoms with Crippen LogP contribution in [-0.2, 0) is 11.3 Å². The van der Waals surface area contributed by atoms with Crippen molar-refractivity contribution in [1.29, 1.82) is 0 Å². The minimum atomic E-state index is -0.0657. The topological polar surface area (TPSA) is 62.7 Å². The van der Waals surface area contributed by atoms with Crippen LogP contribution in [0.3, 0.4) is 0 Å². The summed E-state index contributed by atoms with van der Waals surface area (Å²) in [5.41, 5.74) is 1.10. The van der Waals surface area contributed by atoms with E-state index in [-0.39, 0.29) is 18.2 Å². The summed E-state index contributed by atoms with van der Waals surface area (Å²) < 4.78 is 4.22. The monoisotopic (exact) mass is 477 g/mol. The van der Waals surface area contributed by atoms with Gasteiger partial charge in [-0.1, -0.05) is 6.07 Å². The van der Waals surface area contributed by atoms with E-state index in [0.29, 0.717) is 13.1 Å². The standard InChI is InChI=1S/C26H37N8O/c1-21-31(19-22-8-2-3-16-32(21)22)20-25(35)33-17-11-27-18-24(33)34-23(29-12-4-5-13-29)9-10-28-26(34)30-14-6-7-15-30/h2-3,8-10,16,19,23-24,27H,4-7,11-15,17-18,20H2,1H3/q+1. The van der Waals surface area contributed by atoms with Gasteiger partial charge in [0.1, 0.15) is 18.5 Å². The number of piperazine rings is 1. The van der Waals surface area contributed by atoms with Crippen LogP contribution in [0.2, 0.25) is 0 Å². The first-order valence-corrected chi connectivity index (χ1v) is 13.2. The molecule has 3 saturated heterocycles. The molecule has 2 aromatic heterocycles. The fourth-order valence-electron chi connectivity index (χ4n) is 6.11. The Hall–Kier alpha value is -2.91. The molecule has 186 valence electrons. The number of amides is 1. The number of imidazole rings is 1. The average Bonchev–Trinajstić information content (AvgIpc) is 3.67. The predicted molar refractivity (Wildman–Crippen MR) is 135 cm³/mol. The van der Waals surface area contributed by atoms with E-state index in [1.165, 1.54) is 25.7 Å². The highest BCUT2D eigenvalue weighted by atomic mass is 16.2. The highest BCUT2D eigenvalue weighted by Gasteiger charge is 2.42. The molecule has 0 bridgehead atoms. The molecule has 3 fully saturated rings. The van der Waals surface area contributed by atoms with Gasteiger partial charge in [0.2, 0.25) is 5.96 Å². The number of hydrogen-bond donors (Lipinski definition) is 1. The zero-order chi connectivity index (χ0) is 23.8. The van der Waals surface area contributed by atoms with Gasteiger partial charge in [-0.3, -0.25) is 9.69 Å². The summed E-state index contributed by atoms with van der Waals surface area (Å²) in [4.78, 5) is 28.3. The number of nitrogens with zero attached hydrogens (tertiary/aromatic N) is 7. The molecule has 2 aromatic rings. The number of hydrogen-bond acceptors (Lipinski definition) is 6. The third-order valence-electron chi connectivity index (χ3n) is 7.97. The number of rotatable bonds is 4. The van der Waals surface area contributed by atoms with E-state index in [1.54, 1.807) is 0 Å². The number of carbonyl (C=O) groups is 1. The number of fused-ring (bicyclic) bond motifs is 1. The minimum absolute atomic E-state index is 0.0657. The number of pyridine rings is 1. The van der Waals surface area contributed by atoms with Crippen molar-refractivity contribution < 1.29 is 9.36 Å². The van der Waals surface area contributed by atoms with Crippen molar-refractivity contribution in [3.05, 3.63) is 48.7 Å². The maximum absolute atomic E-state index is 13.9. The first kappa shape index (κ1) is 22.5. The van der Waals surface area contributed by atoms with Gasteiger partial charge >= 0.3 is 0 Å². The van der Waals surface area contributed by atoms with Gasteiger partial charge in [0, 0.05) is 58.9 Å². The molecule has 1 amide bonds. The zero-order valence-corrected chi connectivity index (χ0v) is 20.7. The van der Waals surface area contributed by atoms with Gasteiger partial charge in [-0.25, -0.2) is 14.0 Å². The van der Waals surface area contributed by atoms with E-state index < -0.39 is 0 Å². The Kier molecular flexibility index (Phi) is 6.20. The summed E-state index contributed by atoms with van der Waals surface area (Å²) >= 11 is 0. The van der Waals surface area contributed by atoms with Crippen molar-refractivity contribution in [2.24, 2.45) is 4.99 Å². The Balaban J connectivity index is 1.30. The van der Waals surface area contributed by atoms with Crippen LogP contribution < -0.4 is 9.88 Å². The fourth-order valence-corrected chi connectivity index (χ4v) is 6.11. The maximum atomic E-state index is 13.9. The Morgan fingerprint density at radius 1 is 1.11 bits per heavy atom. The number of likely N-dealkylation sites (tertiary alicyclic amines) is 2. The van der Waals surface area contributed by atoms with E-state index in [9.17, 15) is 4.79 Å². The number of aromatic nitrogens is 2. The third kappa shape index (κ3) is 4.21. The summed E-state index contributed by atoms with van der Waals surface area (Å²) in [5, 5.41) is 3.57. The summed E-state index contributed by atoms with van der Waals surface area (Å²) in [5.74, 6) is 2.26. The molecule has 9 nitrogen and oxygen atoms in total. The van der Waals surface area contributed by atoms with Crippen molar-refractivity contribution in [2.45, 2.75) is 51.5 Å². The van der Waals surface area contributed by atoms with Gasteiger partial charge < -0.3 is 20.0 Å². The summed E-state index contributed by atoms with van der Waals surface area (Å²) in [6, 6.07) is 6.15. The van der Waals surface area contributed by atoms with Gasteiger partial charge in [0.05, 0.1) is 6.20 Å². The van der Waals surface area contributed by atoms with Crippen molar-refractivity contribution >= 4 is 17.4 Å². The van der Waals surface area contributed by atoms with E-state index in [0.717, 1.165) is 56.6 Å². The highest BCUT2D eigenvalue weighted by Crippen LogP contribution is 2.26. The van der Waals surface area contributed by atoms with Crippen LogP contribution in [0.25, 0.3) is 5.52 Å². The van der Waals surface area contributed by atoms with Gasteiger partial charge in [-0.2, -0.15) is 0 Å². The molecular formula is C26H37N8O+. The second-order valence-electron chi connectivity index (χ2n) is 10.1. The SMILES string of the molecule is Cc1n2ccccc2c[n+]1CC(=O)N1CCNCC1N1C(N2CCCC2)=NC=CC1N1CCCC1. The van der Waals surface area contributed by atoms with Gasteiger partial charge in [0.15, 0.2) is 12.1 Å². The molecule has 4 aliphatic rings. The number of aliphatic imine (C=N–C) groups is 1. The van der Waals surface area contributed by atoms with Crippen LogP contribution >= 0.6 is 0 Å². The van der Waals surface area contributed by atoms with Gasteiger partial charge in [-0.05, 0) is 43.9 Å². The average molecular weight is 478 g/mol. The quantitative estimate of drug-likeness (QED) is 0.666. The molecule has 35 heavy (non-hydrogen) atoms. The number of nitrogens with one attached hydrogen (secondary N) is 1. The molecule has 1 N–H and O–H groups in total. The number of guanidine groups is 1. The van der Waals surface area contributed by atoms with Crippen molar-refractivity contribution in [1.82, 2.24) is 29.3 Å². The fraction of sp³-hybridized carbons (Fsp3) is 0.577. The minimum Gasteiger partial charge on any atom is -0.342 e. The molecule has 2 atom stereocenters. The molecule has 0 spiro atoms. The van der Waals surface area contributed by atoms with Crippen LogP contribution in [0.5, 0.6) is 0 Å². The molecule has 0 saturated carbocycles. The lowest BCUT2D eigenvalue weighted by Crippen LogP contribution is -2.69. The molecule has 0 radical (unpaired) electrons. The summed E-state index contributed by atoms with van der Waals surface area (Å²) in [6.45, 7) is 8.96. The Labute approximate surface area is 207 Å². The molecule has 6 heterocycles. The van der Waals surface area contributed by atoms with Crippen molar-refractivity contribution in [2.75, 3.05) is 45.8 Å². The molecule has 0 aromatic carbocycles. The smallest absolute Gasteiger partial charge is 0.266 e. The number of carbonyl (C=O) groups excluding carboxylic acids is 1. The van der Waals surface area contributed by atoms with Crippen LogP contribution in [0.15, 0.2) is 47.9 Å². The zero-order valence-electron chi connectivity index (χ0n) is 20.7. The summed E-state index contributed by atoms with van der Waals surface area (Å²) in [6.07, 6.45) is 13.3. The maximum Gasteiger partial charge on any atom is 0.266 e. The molecular weight excluding hydrogens is 440 g/mol. The lowest BCUT2D eigenvalue weighted by atomic mass is 10.2. The van der Waals surface area contributed by atoms with Crippen LogP contribution in [0.4, 0.5) is 0 Å². The van der Waals surface area contributed by atoms with E-state index in [4.69, 9.17) is 4.99 Å². The second kappa shape index (κ2) is 9.62. The van der Waals surface area contributed by atoms with E-state index in [1.807, 2.05) is 18.3 Å². The van der Waals surface area contributed by atoms with E-state index in [2.05, 4.69) is 65.3 Å². The lowest BCUT2D eigenvalue weighted by Gasteiger charge is -2.50. The first-order valence-electron chi connectivity index (χ1n) is 13.2. The largest absolute Gasteiger partial charge is 0.342 e. The third-order valence-corrected chi connectivity index (χ3v) is 7.97. The van der Waals surface area contributed by atoms with Crippen LogP contribution in [0.1, 0.15) is 31.5 Å². The molecule has 4 aliphatic heterocycles. The molecule has 0 aliphatic carbocycles. The Bertz CT molecular complexity index is 1130. The molecule has 9 heteroatoms. The Morgan fingerprint density at radius 3 is 2.71 bits per heavy atom. The molecule has 6 rings (SSSR count). The second-order valence-corrected chi connectivity index (χ2v) is 10.1. The normalized spacial score (nSPS) is 25.6. The van der Waals surface area contributed by atoms with Crippen LogP contribution in [-0.4, -0.2) is 94.0 Å². The Morgan fingerprint density at radius 2 is 1.91 bits per heavy atom. The highest BCUT2D eigenvalue weighted by molar-refractivity contribution is 5.84. The molecule has 2 unspecified atom stereocenters. The van der Waals surface area contributed by atoms with E-state index >= 15 is 0 Å². The number of aryl methyl sites for hydroxylation is 1.